The highest BCUT2D eigenvalue weighted by atomic mass is 79.9. The van der Waals surface area contributed by atoms with Crippen LogP contribution in [0.25, 0.3) is 0 Å². The zero-order valence-electron chi connectivity index (χ0n) is 10.6. The van der Waals surface area contributed by atoms with Crippen molar-refractivity contribution in [2.45, 2.75) is 25.4 Å². The van der Waals surface area contributed by atoms with Gasteiger partial charge < -0.3 is 15.8 Å². The van der Waals surface area contributed by atoms with Gasteiger partial charge in [-0.1, -0.05) is 15.9 Å². The van der Waals surface area contributed by atoms with Gasteiger partial charge in [-0.25, -0.2) is 4.39 Å². The van der Waals surface area contributed by atoms with Crippen LogP contribution in [0.5, 0.6) is 0 Å². The first-order valence-corrected chi connectivity index (χ1v) is 6.83. The fourth-order valence-corrected chi connectivity index (χ4v) is 2.13. The third-order valence-electron chi connectivity index (χ3n) is 2.71. The van der Waals surface area contributed by atoms with Gasteiger partial charge in [0.1, 0.15) is 5.82 Å². The molecule has 18 heavy (non-hydrogen) atoms. The normalized spacial score (nSPS) is 12.7. The maximum Gasteiger partial charge on any atom is 0.123 e. The summed E-state index contributed by atoms with van der Waals surface area (Å²) in [6.07, 6.45) is 1.91. The van der Waals surface area contributed by atoms with E-state index in [0.717, 1.165) is 22.9 Å². The molecule has 0 aliphatic rings. The van der Waals surface area contributed by atoms with E-state index in [2.05, 4.69) is 21.2 Å². The van der Waals surface area contributed by atoms with Crippen molar-refractivity contribution in [3.63, 3.8) is 0 Å². The van der Waals surface area contributed by atoms with Crippen LogP contribution < -0.4 is 11.1 Å². The molecule has 0 saturated heterocycles. The summed E-state index contributed by atoms with van der Waals surface area (Å²) in [5.41, 5.74) is 6.40. The Kier molecular flexibility index (Phi) is 7.42. The first-order chi connectivity index (χ1) is 8.67. The highest BCUT2D eigenvalue weighted by Gasteiger charge is 2.09. The van der Waals surface area contributed by atoms with Crippen LogP contribution >= 0.6 is 15.9 Å². The van der Waals surface area contributed by atoms with Crippen molar-refractivity contribution >= 4 is 15.9 Å². The number of hydrogen-bond acceptors (Lipinski definition) is 3. The molecular formula is C13H20BrFN2O. The minimum atomic E-state index is -0.222. The molecule has 0 amide bonds. The summed E-state index contributed by atoms with van der Waals surface area (Å²) < 4.78 is 19.2. The van der Waals surface area contributed by atoms with E-state index >= 15 is 0 Å². The van der Waals surface area contributed by atoms with Gasteiger partial charge >= 0.3 is 0 Å². The van der Waals surface area contributed by atoms with Gasteiger partial charge in [-0.3, -0.25) is 0 Å². The Hall–Kier alpha value is -0.490. The van der Waals surface area contributed by atoms with Gasteiger partial charge in [0.25, 0.3) is 0 Å². The van der Waals surface area contributed by atoms with E-state index in [0.29, 0.717) is 19.7 Å². The Morgan fingerprint density at radius 2 is 2.28 bits per heavy atom. The van der Waals surface area contributed by atoms with E-state index in [1.165, 1.54) is 12.1 Å². The molecule has 102 valence electrons. The van der Waals surface area contributed by atoms with Crippen molar-refractivity contribution in [3.05, 3.63) is 34.1 Å². The van der Waals surface area contributed by atoms with Crippen LogP contribution in [-0.4, -0.2) is 26.3 Å². The Bertz CT molecular complexity index is 363. The second-order valence-electron chi connectivity index (χ2n) is 4.20. The molecule has 0 aliphatic carbocycles. The molecule has 1 atom stereocenters. The third kappa shape index (κ3) is 5.44. The van der Waals surface area contributed by atoms with Crippen molar-refractivity contribution in [1.29, 1.82) is 0 Å². The van der Waals surface area contributed by atoms with Crippen molar-refractivity contribution in [3.8, 4) is 0 Å². The largest absolute Gasteiger partial charge is 0.383 e. The number of ether oxygens (including phenoxy) is 1. The number of rotatable bonds is 8. The van der Waals surface area contributed by atoms with E-state index in [-0.39, 0.29) is 11.9 Å². The maximum atomic E-state index is 13.1. The lowest BCUT2D eigenvalue weighted by molar-refractivity contribution is 0.161. The predicted octanol–water partition coefficient (Wildman–Crippen LogP) is 2.43. The molecule has 1 aromatic rings. The van der Waals surface area contributed by atoms with Gasteiger partial charge in [0.05, 0.1) is 6.61 Å². The lowest BCUT2D eigenvalue weighted by atomic mass is 10.1. The van der Waals surface area contributed by atoms with Crippen molar-refractivity contribution in [2.24, 2.45) is 5.73 Å². The molecule has 0 aromatic heterocycles. The smallest absolute Gasteiger partial charge is 0.123 e. The minimum Gasteiger partial charge on any atom is -0.383 e. The van der Waals surface area contributed by atoms with Gasteiger partial charge in [-0.15, -0.1) is 0 Å². The number of hydrogen-bond donors (Lipinski definition) is 2. The highest BCUT2D eigenvalue weighted by molar-refractivity contribution is 9.10. The van der Waals surface area contributed by atoms with E-state index in [1.807, 2.05) is 0 Å². The van der Waals surface area contributed by atoms with Gasteiger partial charge in [0.15, 0.2) is 0 Å². The van der Waals surface area contributed by atoms with Crippen molar-refractivity contribution < 1.29 is 9.13 Å². The topological polar surface area (TPSA) is 47.3 Å². The summed E-state index contributed by atoms with van der Waals surface area (Å²) in [5.74, 6) is -0.222. The van der Waals surface area contributed by atoms with Crippen molar-refractivity contribution in [2.75, 3.05) is 20.3 Å². The standard InChI is InChI=1S/C13H20BrFN2O/c1-18-9-12(3-2-6-16)17-8-10-7-11(15)4-5-13(10)14/h4-5,7,12,17H,2-3,6,8-9,16H2,1H3. The third-order valence-corrected chi connectivity index (χ3v) is 3.49. The van der Waals surface area contributed by atoms with Gasteiger partial charge in [0.2, 0.25) is 0 Å². The average Bonchev–Trinajstić information content (AvgIpc) is 2.36. The van der Waals surface area contributed by atoms with Crippen LogP contribution in [0.4, 0.5) is 4.39 Å². The van der Waals surface area contributed by atoms with Crippen LogP contribution in [0.1, 0.15) is 18.4 Å². The van der Waals surface area contributed by atoms with E-state index in [4.69, 9.17) is 10.5 Å². The summed E-state index contributed by atoms with van der Waals surface area (Å²) in [5, 5.41) is 3.36. The first-order valence-electron chi connectivity index (χ1n) is 6.03. The Morgan fingerprint density at radius 3 is 2.94 bits per heavy atom. The number of nitrogens with one attached hydrogen (secondary N) is 1. The molecule has 1 rings (SSSR count). The monoisotopic (exact) mass is 318 g/mol. The second-order valence-corrected chi connectivity index (χ2v) is 5.05. The fraction of sp³-hybridized carbons (Fsp3) is 0.538. The maximum absolute atomic E-state index is 13.1. The Morgan fingerprint density at radius 1 is 1.50 bits per heavy atom. The molecule has 5 heteroatoms. The van der Waals surface area contributed by atoms with Crippen LogP contribution in [0.2, 0.25) is 0 Å². The molecule has 0 radical (unpaired) electrons. The summed E-state index contributed by atoms with van der Waals surface area (Å²) in [4.78, 5) is 0. The summed E-state index contributed by atoms with van der Waals surface area (Å²) >= 11 is 3.41. The minimum absolute atomic E-state index is 0.222. The molecule has 0 heterocycles. The summed E-state index contributed by atoms with van der Waals surface area (Å²) in [7, 11) is 1.68. The molecule has 0 fully saturated rings. The molecule has 1 unspecified atom stereocenters. The number of nitrogens with two attached hydrogens (primary N) is 1. The zero-order valence-corrected chi connectivity index (χ0v) is 12.2. The quantitative estimate of drug-likeness (QED) is 0.774. The zero-order chi connectivity index (χ0) is 13.4. The predicted molar refractivity (Wildman–Crippen MR) is 74.9 cm³/mol. The summed E-state index contributed by atoms with van der Waals surface area (Å²) in [6, 6.07) is 4.93. The molecule has 1 aromatic carbocycles. The molecule has 3 nitrogen and oxygen atoms in total. The Labute approximate surface area is 116 Å². The van der Waals surface area contributed by atoms with Crippen molar-refractivity contribution in [1.82, 2.24) is 5.32 Å². The van der Waals surface area contributed by atoms with Gasteiger partial charge in [-0.05, 0) is 43.1 Å². The van der Waals surface area contributed by atoms with Crippen LogP contribution in [0, 0.1) is 5.82 Å². The second kappa shape index (κ2) is 8.58. The molecule has 3 N–H and O–H groups in total. The van der Waals surface area contributed by atoms with Gasteiger partial charge in [-0.2, -0.15) is 0 Å². The molecule has 0 bridgehead atoms. The molecular weight excluding hydrogens is 299 g/mol. The van der Waals surface area contributed by atoms with Gasteiger partial charge in [0, 0.05) is 24.2 Å². The number of halogens is 2. The Balaban J connectivity index is 2.52. The van der Waals surface area contributed by atoms with E-state index in [1.54, 1.807) is 13.2 Å². The van der Waals surface area contributed by atoms with Crippen LogP contribution in [0.15, 0.2) is 22.7 Å². The van der Waals surface area contributed by atoms with Crippen LogP contribution in [-0.2, 0) is 11.3 Å². The number of benzene rings is 1. The SMILES string of the molecule is COCC(CCCN)NCc1cc(F)ccc1Br. The molecule has 0 saturated carbocycles. The lowest BCUT2D eigenvalue weighted by Gasteiger charge is -2.18. The average molecular weight is 319 g/mol. The first kappa shape index (κ1) is 15.6. The summed E-state index contributed by atoms with van der Waals surface area (Å²) in [6.45, 7) is 1.91. The van der Waals surface area contributed by atoms with E-state index < -0.39 is 0 Å². The fourth-order valence-electron chi connectivity index (χ4n) is 1.74. The van der Waals surface area contributed by atoms with E-state index in [9.17, 15) is 4.39 Å². The molecule has 0 aliphatic heterocycles. The lowest BCUT2D eigenvalue weighted by Crippen LogP contribution is -2.33. The number of methoxy groups -OCH3 is 1. The molecule has 0 spiro atoms. The van der Waals surface area contributed by atoms with Crippen LogP contribution in [0.3, 0.4) is 0 Å². The highest BCUT2D eigenvalue weighted by Crippen LogP contribution is 2.17.